The zero-order chi connectivity index (χ0) is 17.6. The van der Waals surface area contributed by atoms with E-state index in [2.05, 4.69) is 15.1 Å². The van der Waals surface area contributed by atoms with E-state index in [0.717, 1.165) is 5.56 Å². The number of carbonyl (C=O) groups is 1. The Morgan fingerprint density at radius 1 is 1.12 bits per heavy atom. The van der Waals surface area contributed by atoms with E-state index in [-0.39, 0.29) is 11.5 Å². The lowest BCUT2D eigenvalue weighted by atomic mass is 10.1. The molecule has 0 spiro atoms. The van der Waals surface area contributed by atoms with Crippen molar-refractivity contribution in [1.29, 1.82) is 0 Å². The Morgan fingerprint density at radius 2 is 1.88 bits per heavy atom. The summed E-state index contributed by atoms with van der Waals surface area (Å²) >= 11 is 0. The summed E-state index contributed by atoms with van der Waals surface area (Å²) in [6.45, 7) is 0. The van der Waals surface area contributed by atoms with Crippen LogP contribution in [0.25, 0.3) is 28.3 Å². The molecular formula is C17H12FN5O2. The van der Waals surface area contributed by atoms with Crippen molar-refractivity contribution in [1.82, 2.24) is 24.1 Å². The minimum absolute atomic E-state index is 0.0256. The molecule has 3 aromatic heterocycles. The van der Waals surface area contributed by atoms with E-state index in [0.29, 0.717) is 22.7 Å². The van der Waals surface area contributed by atoms with E-state index in [1.54, 1.807) is 35.2 Å². The maximum absolute atomic E-state index is 13.2. The highest BCUT2D eigenvalue weighted by Crippen LogP contribution is 2.29. The van der Waals surface area contributed by atoms with Crippen molar-refractivity contribution in [3.05, 3.63) is 60.4 Å². The first kappa shape index (κ1) is 15.0. The molecule has 0 radical (unpaired) electrons. The number of aromatic nitrogens is 5. The third kappa shape index (κ3) is 2.44. The van der Waals surface area contributed by atoms with E-state index < -0.39 is 5.97 Å². The zero-order valence-corrected chi connectivity index (χ0v) is 13.1. The molecule has 1 aromatic carbocycles. The highest BCUT2D eigenvalue weighted by Gasteiger charge is 2.17. The zero-order valence-electron chi connectivity index (χ0n) is 13.1. The fraction of sp³-hybridized carbons (Fsp3) is 0.0588. The molecule has 0 unspecified atom stereocenters. The second-order valence-electron chi connectivity index (χ2n) is 5.50. The lowest BCUT2D eigenvalue weighted by molar-refractivity contribution is 0.0688. The van der Waals surface area contributed by atoms with Gasteiger partial charge in [0.15, 0.2) is 11.3 Å². The van der Waals surface area contributed by atoms with Crippen LogP contribution in [0.5, 0.6) is 0 Å². The Balaban J connectivity index is 1.91. The maximum Gasteiger partial charge on any atom is 0.356 e. The number of halogens is 1. The molecule has 0 saturated heterocycles. The van der Waals surface area contributed by atoms with Crippen molar-refractivity contribution in [2.24, 2.45) is 7.05 Å². The number of imidazole rings is 2. The summed E-state index contributed by atoms with van der Waals surface area (Å²) in [6.07, 6.45) is 2.89. The monoisotopic (exact) mass is 337 g/mol. The average Bonchev–Trinajstić information content (AvgIpc) is 3.18. The predicted molar refractivity (Wildman–Crippen MR) is 87.5 cm³/mol. The van der Waals surface area contributed by atoms with Crippen LogP contribution in [0.15, 0.2) is 48.9 Å². The molecule has 8 heteroatoms. The number of aromatic carboxylic acids is 1. The molecule has 0 amide bonds. The van der Waals surface area contributed by atoms with Crippen LogP contribution in [0.3, 0.4) is 0 Å². The molecule has 7 nitrogen and oxygen atoms in total. The molecule has 4 rings (SSSR count). The van der Waals surface area contributed by atoms with Crippen LogP contribution in [-0.2, 0) is 7.05 Å². The molecule has 0 fully saturated rings. The van der Waals surface area contributed by atoms with Crippen LogP contribution >= 0.6 is 0 Å². The predicted octanol–water partition coefficient (Wildman–Crippen LogP) is 2.63. The smallest absolute Gasteiger partial charge is 0.356 e. The molecule has 0 aliphatic rings. The fourth-order valence-corrected chi connectivity index (χ4v) is 2.70. The summed E-state index contributed by atoms with van der Waals surface area (Å²) < 4.78 is 16.2. The number of nitrogens with zero attached hydrogens (tertiary/aromatic N) is 5. The van der Waals surface area contributed by atoms with Gasteiger partial charge in [0.05, 0.1) is 23.9 Å². The highest BCUT2D eigenvalue weighted by atomic mass is 19.1. The van der Waals surface area contributed by atoms with Gasteiger partial charge >= 0.3 is 5.97 Å². The largest absolute Gasteiger partial charge is 0.476 e. The summed E-state index contributed by atoms with van der Waals surface area (Å²) in [4.78, 5) is 19.7. The minimum atomic E-state index is -1.11. The van der Waals surface area contributed by atoms with Gasteiger partial charge in [-0.2, -0.15) is 5.10 Å². The van der Waals surface area contributed by atoms with Gasteiger partial charge in [0, 0.05) is 12.6 Å². The maximum atomic E-state index is 13.2. The first-order valence-electron chi connectivity index (χ1n) is 7.40. The molecule has 0 aliphatic heterocycles. The standard InChI is InChI=1S/C17H12FN5O2/c1-22-9-20-15(10-2-4-11(18)5-3-10)16(22)12-6-7-14-19-8-13(17(24)25)23(14)21-12/h2-9H,1H3,(H,24,25). The van der Waals surface area contributed by atoms with E-state index >= 15 is 0 Å². The second kappa shape index (κ2) is 5.52. The number of hydrogen-bond donors (Lipinski definition) is 1. The SMILES string of the molecule is Cn1cnc(-c2ccc(F)cc2)c1-c1ccc2ncc(C(=O)O)n2n1. The highest BCUT2D eigenvalue weighted by molar-refractivity contribution is 5.86. The van der Waals surface area contributed by atoms with Gasteiger partial charge in [-0.15, -0.1) is 0 Å². The number of carboxylic acids is 1. The summed E-state index contributed by atoms with van der Waals surface area (Å²) in [5.41, 5.74) is 3.01. The van der Waals surface area contributed by atoms with Crippen molar-refractivity contribution in [2.75, 3.05) is 0 Å². The molecule has 0 bridgehead atoms. The van der Waals surface area contributed by atoms with Crippen LogP contribution in [0.4, 0.5) is 4.39 Å². The van der Waals surface area contributed by atoms with E-state index in [1.807, 2.05) is 7.05 Å². The molecule has 124 valence electrons. The molecule has 25 heavy (non-hydrogen) atoms. The summed E-state index contributed by atoms with van der Waals surface area (Å²) in [7, 11) is 1.81. The molecule has 1 N–H and O–H groups in total. The number of fused-ring (bicyclic) bond motifs is 1. The molecule has 0 saturated carbocycles. The van der Waals surface area contributed by atoms with E-state index in [1.165, 1.54) is 22.8 Å². The van der Waals surface area contributed by atoms with Crippen LogP contribution in [-0.4, -0.2) is 35.2 Å². The van der Waals surface area contributed by atoms with Gasteiger partial charge in [0.25, 0.3) is 0 Å². The Hall–Kier alpha value is -3.55. The second-order valence-corrected chi connectivity index (χ2v) is 5.50. The van der Waals surface area contributed by atoms with E-state index in [9.17, 15) is 14.3 Å². The number of hydrogen-bond acceptors (Lipinski definition) is 4. The first-order chi connectivity index (χ1) is 12.0. The topological polar surface area (TPSA) is 85.3 Å². The molecule has 3 heterocycles. The quantitative estimate of drug-likeness (QED) is 0.621. The third-order valence-corrected chi connectivity index (χ3v) is 3.88. The average molecular weight is 337 g/mol. The number of carboxylic acid groups (broad SMARTS) is 1. The van der Waals surface area contributed by atoms with Crippen LogP contribution in [0.1, 0.15) is 10.5 Å². The Morgan fingerprint density at radius 3 is 2.60 bits per heavy atom. The number of rotatable bonds is 3. The molecular weight excluding hydrogens is 325 g/mol. The van der Waals surface area contributed by atoms with Gasteiger partial charge in [-0.05, 0) is 36.4 Å². The van der Waals surface area contributed by atoms with Gasteiger partial charge in [-0.3, -0.25) is 0 Å². The summed E-state index contributed by atoms with van der Waals surface area (Å²) in [6, 6.07) is 9.44. The van der Waals surface area contributed by atoms with E-state index in [4.69, 9.17) is 0 Å². The molecule has 0 atom stereocenters. The van der Waals surface area contributed by atoms with Crippen molar-refractivity contribution in [2.45, 2.75) is 0 Å². The molecule has 0 aliphatic carbocycles. The Bertz CT molecular complexity index is 1100. The lowest BCUT2D eigenvalue weighted by Gasteiger charge is -2.07. The first-order valence-corrected chi connectivity index (χ1v) is 7.40. The molecule has 4 aromatic rings. The van der Waals surface area contributed by atoms with Gasteiger partial charge < -0.3 is 9.67 Å². The Labute approximate surface area is 141 Å². The van der Waals surface area contributed by atoms with Crippen molar-refractivity contribution < 1.29 is 14.3 Å². The van der Waals surface area contributed by atoms with Gasteiger partial charge in [0.1, 0.15) is 11.5 Å². The summed E-state index contributed by atoms with van der Waals surface area (Å²) in [5.74, 6) is -1.44. The number of aryl methyl sites for hydroxylation is 1. The Kier molecular flexibility index (Phi) is 3.31. The normalized spacial score (nSPS) is 11.1. The summed E-state index contributed by atoms with van der Waals surface area (Å²) in [5, 5.41) is 13.7. The van der Waals surface area contributed by atoms with Crippen LogP contribution in [0, 0.1) is 5.82 Å². The fourth-order valence-electron chi connectivity index (χ4n) is 2.70. The van der Waals surface area contributed by atoms with Crippen molar-refractivity contribution in [3.8, 4) is 22.6 Å². The van der Waals surface area contributed by atoms with Crippen molar-refractivity contribution in [3.63, 3.8) is 0 Å². The van der Waals surface area contributed by atoms with Crippen LogP contribution < -0.4 is 0 Å². The number of benzene rings is 1. The van der Waals surface area contributed by atoms with Gasteiger partial charge in [-0.25, -0.2) is 23.7 Å². The van der Waals surface area contributed by atoms with Gasteiger partial charge in [-0.1, -0.05) is 0 Å². The van der Waals surface area contributed by atoms with Crippen molar-refractivity contribution >= 4 is 11.6 Å². The van der Waals surface area contributed by atoms with Gasteiger partial charge in [0.2, 0.25) is 0 Å². The van der Waals surface area contributed by atoms with Crippen LogP contribution in [0.2, 0.25) is 0 Å². The lowest BCUT2D eigenvalue weighted by Crippen LogP contribution is -2.06. The third-order valence-electron chi connectivity index (χ3n) is 3.88. The minimum Gasteiger partial charge on any atom is -0.476 e.